The van der Waals surface area contributed by atoms with Crippen molar-refractivity contribution in [1.29, 1.82) is 0 Å². The van der Waals surface area contributed by atoms with Crippen LogP contribution in [0.2, 0.25) is 0 Å². The van der Waals surface area contributed by atoms with Gasteiger partial charge >= 0.3 is 0 Å². The van der Waals surface area contributed by atoms with E-state index in [-0.39, 0.29) is 5.75 Å². The molecule has 1 aromatic carbocycles. The molecule has 0 amide bonds. The first-order chi connectivity index (χ1) is 7.11. The Bertz CT molecular complexity index is 450. The second-order valence-electron chi connectivity index (χ2n) is 4.46. The van der Waals surface area contributed by atoms with E-state index in [0.717, 1.165) is 11.7 Å². The van der Waals surface area contributed by atoms with Crippen molar-refractivity contribution >= 4 is 20.2 Å². The van der Waals surface area contributed by atoms with Gasteiger partial charge in [0.05, 0.1) is 5.69 Å². The van der Waals surface area contributed by atoms with Gasteiger partial charge in [-0.15, -0.1) is 9.24 Å². The molecule has 0 radical (unpaired) electrons. The number of nitrogens with two attached hydrogens (primary N) is 1. The zero-order chi connectivity index (χ0) is 10.7. The molecule has 2 nitrogen and oxygen atoms in total. The number of phenols is 1. The summed E-state index contributed by atoms with van der Waals surface area (Å²) < 4.78 is 0. The molecular formula is C12H14NOP. The summed E-state index contributed by atoms with van der Waals surface area (Å²) in [6, 6.07) is 0. The Labute approximate surface area is 91.4 Å². The average Bonchev–Trinajstić information content (AvgIpc) is 2.82. The molecule has 3 heteroatoms. The molecule has 0 saturated heterocycles. The number of rotatable bonds is 0. The lowest BCUT2D eigenvalue weighted by atomic mass is 9.91. The lowest BCUT2D eigenvalue weighted by molar-refractivity contribution is 0.481. The second kappa shape index (κ2) is 2.76. The van der Waals surface area contributed by atoms with Crippen molar-refractivity contribution in [1.82, 2.24) is 0 Å². The predicted molar refractivity (Wildman–Crippen MR) is 65.8 cm³/mol. The van der Waals surface area contributed by atoms with Crippen molar-refractivity contribution in [3.8, 4) is 5.75 Å². The number of benzene rings is 1. The Morgan fingerprint density at radius 3 is 2.60 bits per heavy atom. The molecule has 0 spiro atoms. The molecular weight excluding hydrogens is 205 g/mol. The van der Waals surface area contributed by atoms with Gasteiger partial charge in [0.25, 0.3) is 0 Å². The van der Waals surface area contributed by atoms with Gasteiger partial charge in [0.15, 0.2) is 0 Å². The van der Waals surface area contributed by atoms with Gasteiger partial charge in [-0.1, -0.05) is 12.2 Å². The van der Waals surface area contributed by atoms with Crippen LogP contribution < -0.4 is 11.0 Å². The fourth-order valence-corrected chi connectivity index (χ4v) is 3.26. The molecule has 2 aliphatic rings. The maximum atomic E-state index is 9.91. The molecule has 0 aliphatic heterocycles. The highest BCUT2D eigenvalue weighted by Crippen LogP contribution is 2.53. The summed E-state index contributed by atoms with van der Waals surface area (Å²) in [5, 5.41) is 10.8. The molecule has 3 N–H and O–H groups in total. The molecule has 1 aromatic rings. The minimum absolute atomic E-state index is 0.247. The number of aromatic hydroxyl groups is 1. The molecule has 78 valence electrons. The van der Waals surface area contributed by atoms with Gasteiger partial charge in [0.1, 0.15) is 5.75 Å². The molecule has 2 bridgehead atoms. The number of fused-ring (bicyclic) bond motifs is 5. The summed E-state index contributed by atoms with van der Waals surface area (Å²) >= 11 is 0. The Hall–Kier alpha value is -1.01. The highest BCUT2D eigenvalue weighted by molar-refractivity contribution is 7.28. The van der Waals surface area contributed by atoms with Gasteiger partial charge in [-0.05, 0) is 30.0 Å². The lowest BCUT2D eigenvalue weighted by Gasteiger charge is -2.19. The first kappa shape index (κ1) is 9.23. The van der Waals surface area contributed by atoms with Gasteiger partial charge in [0, 0.05) is 17.1 Å². The largest absolute Gasteiger partial charge is 0.505 e. The first-order valence-electron chi connectivity index (χ1n) is 5.19. The van der Waals surface area contributed by atoms with E-state index in [9.17, 15) is 5.11 Å². The van der Waals surface area contributed by atoms with E-state index in [2.05, 4.69) is 28.3 Å². The molecule has 0 aromatic heterocycles. The Morgan fingerprint density at radius 2 is 1.93 bits per heavy atom. The van der Waals surface area contributed by atoms with Crippen molar-refractivity contribution in [2.75, 3.05) is 5.73 Å². The van der Waals surface area contributed by atoms with E-state index in [1.54, 1.807) is 0 Å². The summed E-state index contributed by atoms with van der Waals surface area (Å²) in [5.41, 5.74) is 10.3. The van der Waals surface area contributed by atoms with E-state index < -0.39 is 0 Å². The maximum Gasteiger partial charge on any atom is 0.146 e. The van der Waals surface area contributed by atoms with Crippen LogP contribution in [0.15, 0.2) is 12.2 Å². The third kappa shape index (κ3) is 0.981. The van der Waals surface area contributed by atoms with Crippen molar-refractivity contribution < 1.29 is 5.11 Å². The number of phenolic OH excluding ortho intramolecular Hbond substituents is 1. The number of hydrogen-bond acceptors (Lipinski definition) is 2. The van der Waals surface area contributed by atoms with Crippen molar-refractivity contribution in [2.24, 2.45) is 0 Å². The van der Waals surface area contributed by atoms with Gasteiger partial charge < -0.3 is 10.8 Å². The van der Waals surface area contributed by atoms with Crippen LogP contribution in [-0.2, 0) is 0 Å². The normalized spacial score (nSPS) is 26.0. The standard InChI is InChI=1S/C12H14NOP/c1-5-8-6-2-3-7(4-6)9(8)10(13)11(14)12(5)15/h2-3,6-7,14H,4,13,15H2,1H3. The maximum absolute atomic E-state index is 9.91. The first-order valence-corrected chi connectivity index (χ1v) is 5.77. The van der Waals surface area contributed by atoms with Crippen LogP contribution in [0.25, 0.3) is 0 Å². The number of nitrogen functional groups attached to an aromatic ring is 1. The highest BCUT2D eigenvalue weighted by Gasteiger charge is 2.37. The second-order valence-corrected chi connectivity index (χ2v) is 5.04. The number of allylic oxidation sites excluding steroid dienone is 2. The summed E-state index contributed by atoms with van der Waals surface area (Å²) in [4.78, 5) is 0. The molecule has 0 fully saturated rings. The lowest BCUT2D eigenvalue weighted by Crippen LogP contribution is -2.10. The van der Waals surface area contributed by atoms with Gasteiger partial charge in [-0.25, -0.2) is 0 Å². The fraction of sp³-hybridized carbons (Fsp3) is 0.333. The van der Waals surface area contributed by atoms with Crippen LogP contribution in [0, 0.1) is 6.92 Å². The van der Waals surface area contributed by atoms with Gasteiger partial charge in [0.2, 0.25) is 0 Å². The highest BCUT2D eigenvalue weighted by atomic mass is 31.0. The topological polar surface area (TPSA) is 46.2 Å². The van der Waals surface area contributed by atoms with Crippen molar-refractivity contribution in [2.45, 2.75) is 25.2 Å². The van der Waals surface area contributed by atoms with Gasteiger partial charge in [-0.3, -0.25) is 0 Å². The third-order valence-electron chi connectivity index (χ3n) is 3.72. The molecule has 15 heavy (non-hydrogen) atoms. The van der Waals surface area contributed by atoms with Crippen LogP contribution in [0.4, 0.5) is 5.69 Å². The van der Waals surface area contributed by atoms with Crippen LogP contribution in [0.3, 0.4) is 0 Å². The SMILES string of the molecule is Cc1c(P)c(O)c(N)c2c1C1C=CC2C1. The smallest absolute Gasteiger partial charge is 0.146 e. The van der Waals surface area contributed by atoms with E-state index in [1.807, 2.05) is 0 Å². The number of hydrogen-bond donors (Lipinski definition) is 2. The van der Waals surface area contributed by atoms with Gasteiger partial charge in [-0.2, -0.15) is 0 Å². The minimum Gasteiger partial charge on any atom is -0.505 e. The van der Waals surface area contributed by atoms with Crippen LogP contribution >= 0.6 is 9.24 Å². The van der Waals surface area contributed by atoms with E-state index >= 15 is 0 Å². The summed E-state index contributed by atoms with van der Waals surface area (Å²) in [6.45, 7) is 2.06. The van der Waals surface area contributed by atoms with E-state index in [4.69, 9.17) is 5.73 Å². The quantitative estimate of drug-likeness (QED) is 0.303. The Morgan fingerprint density at radius 1 is 1.33 bits per heavy atom. The molecule has 3 unspecified atom stereocenters. The molecule has 3 atom stereocenters. The summed E-state index contributed by atoms with van der Waals surface area (Å²) in [6.07, 6.45) is 5.61. The van der Waals surface area contributed by atoms with Crippen LogP contribution in [-0.4, -0.2) is 5.11 Å². The van der Waals surface area contributed by atoms with E-state index in [0.29, 0.717) is 17.5 Å². The van der Waals surface area contributed by atoms with E-state index in [1.165, 1.54) is 16.7 Å². The molecule has 3 rings (SSSR count). The van der Waals surface area contributed by atoms with Crippen LogP contribution in [0.1, 0.15) is 34.9 Å². The fourth-order valence-electron chi connectivity index (χ4n) is 2.95. The molecule has 0 saturated carbocycles. The Balaban J connectivity index is 2.38. The summed E-state index contributed by atoms with van der Waals surface area (Å²) in [7, 11) is 2.59. The Kier molecular flexibility index (Phi) is 1.70. The number of anilines is 1. The van der Waals surface area contributed by atoms with Crippen LogP contribution in [0.5, 0.6) is 5.75 Å². The molecule has 0 heterocycles. The monoisotopic (exact) mass is 219 g/mol. The predicted octanol–water partition coefficient (Wildman–Crippen LogP) is 1.92. The van der Waals surface area contributed by atoms with Crippen molar-refractivity contribution in [3.63, 3.8) is 0 Å². The zero-order valence-electron chi connectivity index (χ0n) is 8.62. The summed E-state index contributed by atoms with van der Waals surface area (Å²) in [5.74, 6) is 1.20. The molecule has 2 aliphatic carbocycles. The van der Waals surface area contributed by atoms with Crippen molar-refractivity contribution in [3.05, 3.63) is 28.8 Å². The zero-order valence-corrected chi connectivity index (χ0v) is 9.77. The third-order valence-corrected chi connectivity index (χ3v) is 4.43. The average molecular weight is 219 g/mol. The minimum atomic E-state index is 0.247.